The first-order valence-corrected chi connectivity index (χ1v) is 5.35. The lowest BCUT2D eigenvalue weighted by Gasteiger charge is -2.29. The largest absolute Gasteiger partial charge is 0.379 e. The molecule has 70 valence electrons. The highest BCUT2D eigenvalue weighted by molar-refractivity contribution is 9.10. The predicted molar refractivity (Wildman–Crippen MR) is 59.4 cm³/mol. The Morgan fingerprint density at radius 2 is 2.23 bits per heavy atom. The molecule has 13 heavy (non-hydrogen) atoms. The van der Waals surface area contributed by atoms with Crippen LogP contribution in [0.25, 0.3) is 0 Å². The van der Waals surface area contributed by atoms with Crippen LogP contribution in [0.1, 0.15) is 0 Å². The molecule has 0 aliphatic carbocycles. The predicted octanol–water partition coefficient (Wildman–Crippen LogP) is 2.49. The molecule has 1 fully saturated rings. The highest BCUT2D eigenvalue weighted by Gasteiger charge is 2.16. The number of hydrogen-bond donors (Lipinski definition) is 2. The first-order valence-electron chi connectivity index (χ1n) is 4.18. The highest BCUT2D eigenvalue weighted by Crippen LogP contribution is 2.26. The van der Waals surface area contributed by atoms with Gasteiger partial charge in [0.25, 0.3) is 0 Å². The Bertz CT molecular complexity index is 312. The van der Waals surface area contributed by atoms with Crippen LogP contribution in [-0.2, 0) is 0 Å². The molecule has 2 rings (SSSR count). The third kappa shape index (κ3) is 2.16. The van der Waals surface area contributed by atoms with E-state index >= 15 is 0 Å². The lowest BCUT2D eigenvalue weighted by atomic mass is 10.1. The van der Waals surface area contributed by atoms with Gasteiger partial charge in [-0.25, -0.2) is 0 Å². The molecule has 1 aromatic carbocycles. The van der Waals surface area contributed by atoms with Crippen molar-refractivity contribution >= 4 is 33.2 Å². The van der Waals surface area contributed by atoms with Gasteiger partial charge >= 0.3 is 0 Å². The first kappa shape index (κ1) is 9.31. The summed E-state index contributed by atoms with van der Waals surface area (Å²) in [5.41, 5.74) is 1.01. The molecule has 1 saturated heterocycles. The minimum absolute atomic E-state index is 0.527. The Hall–Kier alpha value is -0.250. The van der Waals surface area contributed by atoms with E-state index in [0.29, 0.717) is 6.04 Å². The molecule has 0 bridgehead atoms. The van der Waals surface area contributed by atoms with Crippen LogP contribution in [0.15, 0.2) is 22.7 Å². The van der Waals surface area contributed by atoms with Crippen LogP contribution < -0.4 is 10.6 Å². The van der Waals surface area contributed by atoms with Crippen molar-refractivity contribution in [2.24, 2.45) is 0 Å². The van der Waals surface area contributed by atoms with Gasteiger partial charge in [-0.2, -0.15) is 0 Å². The Morgan fingerprint density at radius 1 is 1.46 bits per heavy atom. The molecule has 0 amide bonds. The summed E-state index contributed by atoms with van der Waals surface area (Å²) < 4.78 is 1.01. The molecule has 4 heteroatoms. The third-order valence-corrected chi connectivity index (χ3v) is 2.88. The van der Waals surface area contributed by atoms with Crippen molar-refractivity contribution in [3.8, 4) is 0 Å². The van der Waals surface area contributed by atoms with Crippen LogP contribution in [0.5, 0.6) is 0 Å². The normalized spacial score (nSPS) is 16.8. The average molecular weight is 262 g/mol. The Morgan fingerprint density at radius 3 is 2.77 bits per heavy atom. The zero-order valence-corrected chi connectivity index (χ0v) is 9.32. The number of rotatable bonds is 2. The number of nitrogens with one attached hydrogen (secondary N) is 2. The molecule has 0 aromatic heterocycles. The molecule has 0 spiro atoms. The molecule has 2 nitrogen and oxygen atoms in total. The maximum Gasteiger partial charge on any atom is 0.0648 e. The zero-order valence-electron chi connectivity index (χ0n) is 6.98. The molecule has 1 aromatic rings. The molecule has 1 aliphatic heterocycles. The van der Waals surface area contributed by atoms with Gasteiger partial charge in [0.2, 0.25) is 0 Å². The molecule has 0 radical (unpaired) electrons. The van der Waals surface area contributed by atoms with Gasteiger partial charge in [-0.05, 0) is 18.2 Å². The van der Waals surface area contributed by atoms with Gasteiger partial charge in [-0.1, -0.05) is 27.5 Å². The summed E-state index contributed by atoms with van der Waals surface area (Å²) in [6.45, 7) is 2.04. The summed E-state index contributed by atoms with van der Waals surface area (Å²) >= 11 is 9.41. The number of anilines is 1. The van der Waals surface area contributed by atoms with E-state index in [1.807, 2.05) is 18.2 Å². The standard InChI is InChI=1S/C9H10BrClN2/c10-6-1-2-9(8(11)3-6)13-7-4-12-5-7/h1-3,7,12-13H,4-5H2. The van der Waals surface area contributed by atoms with Crippen molar-refractivity contribution in [3.63, 3.8) is 0 Å². The van der Waals surface area contributed by atoms with Gasteiger partial charge < -0.3 is 10.6 Å². The van der Waals surface area contributed by atoms with Gasteiger partial charge in [0, 0.05) is 17.6 Å². The van der Waals surface area contributed by atoms with Crippen LogP contribution in [0, 0.1) is 0 Å². The smallest absolute Gasteiger partial charge is 0.0648 e. The topological polar surface area (TPSA) is 24.1 Å². The SMILES string of the molecule is Clc1cc(Br)ccc1NC1CNC1. The minimum Gasteiger partial charge on any atom is -0.379 e. The lowest BCUT2D eigenvalue weighted by molar-refractivity contribution is 0.472. The summed E-state index contributed by atoms with van der Waals surface area (Å²) in [5, 5.41) is 7.32. The fourth-order valence-electron chi connectivity index (χ4n) is 1.22. The summed E-state index contributed by atoms with van der Waals surface area (Å²) in [6.07, 6.45) is 0. The third-order valence-electron chi connectivity index (χ3n) is 2.07. The van der Waals surface area contributed by atoms with Crippen molar-refractivity contribution < 1.29 is 0 Å². The molecule has 0 unspecified atom stereocenters. The second kappa shape index (κ2) is 3.86. The first-order chi connectivity index (χ1) is 6.25. The second-order valence-electron chi connectivity index (χ2n) is 3.12. The van der Waals surface area contributed by atoms with Crippen molar-refractivity contribution in [1.29, 1.82) is 0 Å². The number of halogens is 2. The molecular weight excluding hydrogens is 251 g/mol. The monoisotopic (exact) mass is 260 g/mol. The molecule has 1 aliphatic rings. The quantitative estimate of drug-likeness (QED) is 0.855. The summed E-state index contributed by atoms with van der Waals surface area (Å²) in [6, 6.07) is 6.40. The number of hydrogen-bond acceptors (Lipinski definition) is 2. The van der Waals surface area contributed by atoms with E-state index in [1.54, 1.807) is 0 Å². The molecule has 1 heterocycles. The van der Waals surface area contributed by atoms with E-state index < -0.39 is 0 Å². The van der Waals surface area contributed by atoms with Crippen molar-refractivity contribution in [3.05, 3.63) is 27.7 Å². The van der Waals surface area contributed by atoms with Crippen molar-refractivity contribution in [1.82, 2.24) is 5.32 Å². The van der Waals surface area contributed by atoms with E-state index in [9.17, 15) is 0 Å². The van der Waals surface area contributed by atoms with Gasteiger partial charge in [-0.3, -0.25) is 0 Å². The average Bonchev–Trinajstić information content (AvgIpc) is 1.99. The van der Waals surface area contributed by atoms with E-state index in [4.69, 9.17) is 11.6 Å². The molecule has 0 atom stereocenters. The lowest BCUT2D eigenvalue weighted by Crippen LogP contribution is -2.51. The fourth-order valence-corrected chi connectivity index (χ4v) is 1.95. The molecular formula is C9H10BrClN2. The Balaban J connectivity index is 2.10. The highest BCUT2D eigenvalue weighted by atomic mass is 79.9. The van der Waals surface area contributed by atoms with E-state index in [2.05, 4.69) is 26.6 Å². The van der Waals surface area contributed by atoms with Gasteiger partial charge in [0.15, 0.2) is 0 Å². The summed E-state index contributed by atoms with van der Waals surface area (Å²) in [4.78, 5) is 0. The maximum atomic E-state index is 6.04. The van der Waals surface area contributed by atoms with E-state index in [-0.39, 0.29) is 0 Å². The van der Waals surface area contributed by atoms with Crippen LogP contribution in [0.3, 0.4) is 0 Å². The molecule has 0 saturated carbocycles. The number of benzene rings is 1. The van der Waals surface area contributed by atoms with Crippen LogP contribution in [-0.4, -0.2) is 19.1 Å². The van der Waals surface area contributed by atoms with E-state index in [1.165, 1.54) is 0 Å². The van der Waals surface area contributed by atoms with Crippen molar-refractivity contribution in [2.75, 3.05) is 18.4 Å². The Labute approximate surface area is 90.8 Å². The van der Waals surface area contributed by atoms with Gasteiger partial charge in [0.05, 0.1) is 16.8 Å². The molecule has 2 N–H and O–H groups in total. The van der Waals surface area contributed by atoms with Crippen LogP contribution >= 0.6 is 27.5 Å². The van der Waals surface area contributed by atoms with Crippen molar-refractivity contribution in [2.45, 2.75) is 6.04 Å². The van der Waals surface area contributed by atoms with E-state index in [0.717, 1.165) is 28.3 Å². The zero-order chi connectivity index (χ0) is 9.26. The maximum absolute atomic E-state index is 6.04. The van der Waals surface area contributed by atoms with Crippen LogP contribution in [0.4, 0.5) is 5.69 Å². The summed E-state index contributed by atoms with van der Waals surface area (Å²) in [5.74, 6) is 0. The fraction of sp³-hybridized carbons (Fsp3) is 0.333. The van der Waals surface area contributed by atoms with Gasteiger partial charge in [-0.15, -0.1) is 0 Å². The van der Waals surface area contributed by atoms with Gasteiger partial charge in [0.1, 0.15) is 0 Å². The Kier molecular flexibility index (Phi) is 2.77. The second-order valence-corrected chi connectivity index (χ2v) is 4.45. The van der Waals surface area contributed by atoms with Crippen LogP contribution in [0.2, 0.25) is 5.02 Å². The summed E-state index contributed by atoms with van der Waals surface area (Å²) in [7, 11) is 0. The minimum atomic E-state index is 0.527.